The van der Waals surface area contributed by atoms with Gasteiger partial charge in [-0.25, -0.2) is 0 Å². The lowest BCUT2D eigenvalue weighted by Crippen LogP contribution is -2.22. The highest BCUT2D eigenvalue weighted by Crippen LogP contribution is 2.24. The Bertz CT molecular complexity index is 839. The highest BCUT2D eigenvalue weighted by molar-refractivity contribution is 7.99. The van der Waals surface area contributed by atoms with E-state index >= 15 is 0 Å². The molecule has 3 aromatic rings. The first-order chi connectivity index (χ1) is 13.2. The second kappa shape index (κ2) is 10.2. The molecule has 1 heterocycles. The standard InChI is InChI=1S/C22H22N2OS2/c1-17(26-15-18-6-3-2-4-7-18)22(25)24-20-9-11-21(12-10-20)27-16-19-8-5-13-23-14-19/h2-14,17H,15-16H2,1H3,(H,24,25). The van der Waals surface area contributed by atoms with Crippen LogP contribution in [0.15, 0.2) is 84.0 Å². The molecule has 3 nitrogen and oxygen atoms in total. The number of benzene rings is 2. The summed E-state index contributed by atoms with van der Waals surface area (Å²) in [5.41, 5.74) is 3.26. The van der Waals surface area contributed by atoms with E-state index in [1.165, 1.54) is 16.0 Å². The maximum Gasteiger partial charge on any atom is 0.237 e. The van der Waals surface area contributed by atoms with Crippen LogP contribution in [0.5, 0.6) is 0 Å². The number of anilines is 1. The molecule has 0 radical (unpaired) electrons. The Morgan fingerprint density at radius 2 is 1.70 bits per heavy atom. The van der Waals surface area contributed by atoms with E-state index in [4.69, 9.17) is 0 Å². The molecule has 1 unspecified atom stereocenters. The second-order valence-electron chi connectivity index (χ2n) is 6.10. The Morgan fingerprint density at radius 3 is 2.41 bits per heavy atom. The van der Waals surface area contributed by atoms with Crippen molar-refractivity contribution in [2.75, 3.05) is 5.32 Å². The van der Waals surface area contributed by atoms with Crippen molar-refractivity contribution in [2.24, 2.45) is 0 Å². The van der Waals surface area contributed by atoms with E-state index in [2.05, 4.69) is 28.5 Å². The third-order valence-electron chi connectivity index (χ3n) is 3.96. The summed E-state index contributed by atoms with van der Waals surface area (Å²) in [4.78, 5) is 17.7. The van der Waals surface area contributed by atoms with Crippen molar-refractivity contribution in [3.63, 3.8) is 0 Å². The molecule has 27 heavy (non-hydrogen) atoms. The summed E-state index contributed by atoms with van der Waals surface area (Å²) in [6.07, 6.45) is 3.67. The van der Waals surface area contributed by atoms with Crippen molar-refractivity contribution in [3.8, 4) is 0 Å². The zero-order valence-corrected chi connectivity index (χ0v) is 16.8. The van der Waals surface area contributed by atoms with Gasteiger partial charge >= 0.3 is 0 Å². The summed E-state index contributed by atoms with van der Waals surface area (Å²) < 4.78 is 0. The zero-order valence-electron chi connectivity index (χ0n) is 15.2. The molecule has 5 heteroatoms. The molecule has 0 aliphatic carbocycles. The molecule has 0 aliphatic heterocycles. The number of aromatic nitrogens is 1. The quantitative estimate of drug-likeness (QED) is 0.503. The minimum atomic E-state index is -0.107. The Morgan fingerprint density at radius 1 is 0.963 bits per heavy atom. The van der Waals surface area contributed by atoms with Gasteiger partial charge in [0.2, 0.25) is 5.91 Å². The van der Waals surface area contributed by atoms with Gasteiger partial charge in [0.05, 0.1) is 5.25 Å². The van der Waals surface area contributed by atoms with Gasteiger partial charge in [0, 0.05) is 34.5 Å². The number of nitrogens with one attached hydrogen (secondary N) is 1. The first-order valence-corrected chi connectivity index (χ1v) is 10.8. The summed E-state index contributed by atoms with van der Waals surface area (Å²) in [6, 6.07) is 22.2. The van der Waals surface area contributed by atoms with Crippen LogP contribution in [0.3, 0.4) is 0 Å². The topological polar surface area (TPSA) is 42.0 Å². The first-order valence-electron chi connectivity index (χ1n) is 8.79. The van der Waals surface area contributed by atoms with E-state index in [0.717, 1.165) is 17.2 Å². The molecule has 0 saturated carbocycles. The number of carbonyl (C=O) groups is 1. The van der Waals surface area contributed by atoms with Crippen LogP contribution >= 0.6 is 23.5 Å². The monoisotopic (exact) mass is 394 g/mol. The minimum Gasteiger partial charge on any atom is -0.325 e. The van der Waals surface area contributed by atoms with E-state index < -0.39 is 0 Å². The molecule has 3 rings (SSSR count). The number of amides is 1. The highest BCUT2D eigenvalue weighted by atomic mass is 32.2. The summed E-state index contributed by atoms with van der Waals surface area (Å²) in [5.74, 6) is 1.75. The van der Waals surface area contributed by atoms with Gasteiger partial charge in [-0.1, -0.05) is 36.4 Å². The van der Waals surface area contributed by atoms with Crippen LogP contribution in [0.25, 0.3) is 0 Å². The van der Waals surface area contributed by atoms with Gasteiger partial charge in [-0.15, -0.1) is 23.5 Å². The summed E-state index contributed by atoms with van der Waals surface area (Å²) in [7, 11) is 0. The average molecular weight is 395 g/mol. The maximum absolute atomic E-state index is 12.4. The Kier molecular flexibility index (Phi) is 7.36. The normalized spacial score (nSPS) is 11.7. The van der Waals surface area contributed by atoms with Crippen molar-refractivity contribution < 1.29 is 4.79 Å². The number of rotatable bonds is 8. The number of hydrogen-bond acceptors (Lipinski definition) is 4. The second-order valence-corrected chi connectivity index (χ2v) is 8.48. The summed E-state index contributed by atoms with van der Waals surface area (Å²) >= 11 is 3.40. The first kappa shape index (κ1) is 19.5. The molecule has 0 bridgehead atoms. The number of hydrogen-bond donors (Lipinski definition) is 1. The third-order valence-corrected chi connectivity index (χ3v) is 6.26. The van der Waals surface area contributed by atoms with Gasteiger partial charge in [-0.2, -0.15) is 0 Å². The molecule has 1 atom stereocenters. The van der Waals surface area contributed by atoms with Crippen molar-refractivity contribution >= 4 is 35.1 Å². The number of nitrogens with zero attached hydrogens (tertiary/aromatic N) is 1. The van der Waals surface area contributed by atoms with Crippen molar-refractivity contribution in [2.45, 2.75) is 28.6 Å². The van der Waals surface area contributed by atoms with Gasteiger partial charge < -0.3 is 5.32 Å². The zero-order chi connectivity index (χ0) is 18.9. The Labute approximate surface area is 169 Å². The SMILES string of the molecule is CC(SCc1ccccc1)C(=O)Nc1ccc(SCc2cccnc2)cc1. The largest absolute Gasteiger partial charge is 0.325 e. The molecule has 138 valence electrons. The van der Waals surface area contributed by atoms with E-state index in [0.29, 0.717) is 0 Å². The number of pyridine rings is 1. The average Bonchev–Trinajstić information content (AvgIpc) is 2.73. The predicted octanol–water partition coefficient (Wildman–Crippen LogP) is 5.63. The number of thioether (sulfide) groups is 2. The maximum atomic E-state index is 12.4. The van der Waals surface area contributed by atoms with E-state index in [-0.39, 0.29) is 11.2 Å². The van der Waals surface area contributed by atoms with Crippen LogP contribution < -0.4 is 5.32 Å². The van der Waals surface area contributed by atoms with Crippen molar-refractivity contribution in [1.82, 2.24) is 4.98 Å². The molecule has 1 aromatic heterocycles. The fourth-order valence-corrected chi connectivity index (χ4v) is 4.08. The lowest BCUT2D eigenvalue weighted by atomic mass is 10.2. The molecular formula is C22H22N2OS2. The van der Waals surface area contributed by atoms with Crippen molar-refractivity contribution in [1.29, 1.82) is 0 Å². The van der Waals surface area contributed by atoms with Crippen molar-refractivity contribution in [3.05, 3.63) is 90.3 Å². The third kappa shape index (κ3) is 6.45. The van der Waals surface area contributed by atoms with Crippen LogP contribution in [0.4, 0.5) is 5.69 Å². The fourth-order valence-electron chi connectivity index (χ4n) is 2.40. The molecule has 0 saturated heterocycles. The molecule has 1 amide bonds. The Hall–Kier alpha value is -2.24. The van der Waals surface area contributed by atoms with Gasteiger partial charge in [0.1, 0.15) is 0 Å². The fraction of sp³-hybridized carbons (Fsp3) is 0.182. The molecule has 0 aliphatic rings. The minimum absolute atomic E-state index is 0.0340. The smallest absolute Gasteiger partial charge is 0.237 e. The Balaban J connectivity index is 1.46. The van der Waals surface area contributed by atoms with E-state index in [1.54, 1.807) is 29.7 Å². The highest BCUT2D eigenvalue weighted by Gasteiger charge is 2.13. The lowest BCUT2D eigenvalue weighted by Gasteiger charge is -2.12. The summed E-state index contributed by atoms with van der Waals surface area (Å²) in [5, 5.41) is 2.89. The van der Waals surface area contributed by atoms with E-state index in [9.17, 15) is 4.79 Å². The van der Waals surface area contributed by atoms with Gasteiger partial charge in [-0.05, 0) is 48.4 Å². The molecule has 2 aromatic carbocycles. The molecule has 1 N–H and O–H groups in total. The van der Waals surface area contributed by atoms with Crippen LogP contribution in [-0.2, 0) is 16.3 Å². The van der Waals surface area contributed by atoms with Crippen LogP contribution in [-0.4, -0.2) is 16.1 Å². The summed E-state index contributed by atoms with van der Waals surface area (Å²) in [6.45, 7) is 1.95. The van der Waals surface area contributed by atoms with Crippen LogP contribution in [0, 0.1) is 0 Å². The van der Waals surface area contributed by atoms with Gasteiger partial charge in [0.25, 0.3) is 0 Å². The molecule has 0 fully saturated rings. The molecular weight excluding hydrogens is 372 g/mol. The van der Waals surface area contributed by atoms with Crippen LogP contribution in [0.2, 0.25) is 0 Å². The van der Waals surface area contributed by atoms with Crippen LogP contribution in [0.1, 0.15) is 18.1 Å². The predicted molar refractivity (Wildman–Crippen MR) is 116 cm³/mol. The number of carbonyl (C=O) groups excluding carboxylic acids is 1. The van der Waals surface area contributed by atoms with Gasteiger partial charge in [-0.3, -0.25) is 9.78 Å². The molecule has 0 spiro atoms. The van der Waals surface area contributed by atoms with Gasteiger partial charge in [0.15, 0.2) is 0 Å². The van der Waals surface area contributed by atoms with E-state index in [1.807, 2.05) is 61.7 Å². The lowest BCUT2D eigenvalue weighted by molar-refractivity contribution is -0.115.